The van der Waals surface area contributed by atoms with Gasteiger partial charge in [0, 0.05) is 6.42 Å². The summed E-state index contributed by atoms with van der Waals surface area (Å²) in [5, 5.41) is 13.8. The van der Waals surface area contributed by atoms with Crippen LogP contribution in [0.25, 0.3) is 0 Å². The molecule has 2 aromatic rings. The van der Waals surface area contributed by atoms with Crippen molar-refractivity contribution in [2.24, 2.45) is 5.92 Å². The molecule has 0 spiro atoms. The van der Waals surface area contributed by atoms with Gasteiger partial charge >= 0.3 is 0 Å². The molecule has 1 atom stereocenters. The first kappa shape index (κ1) is 14.7. The fourth-order valence-electron chi connectivity index (χ4n) is 2.21. The molecular formula is C16H22N2O2. The first-order valence-corrected chi connectivity index (χ1v) is 7.00. The van der Waals surface area contributed by atoms with Crippen LogP contribution in [-0.4, -0.2) is 21.4 Å². The predicted molar refractivity (Wildman–Crippen MR) is 77.6 cm³/mol. The SMILES string of the molecule is Cc1cc(C)cc(Cc2noc(CC(O)C(C)C)n2)c1. The fraction of sp³-hybridized carbons (Fsp3) is 0.500. The Bertz CT molecular complexity index is 555. The summed E-state index contributed by atoms with van der Waals surface area (Å²) >= 11 is 0. The monoisotopic (exact) mass is 274 g/mol. The Balaban J connectivity index is 2.05. The van der Waals surface area contributed by atoms with Gasteiger partial charge in [-0.1, -0.05) is 48.3 Å². The highest BCUT2D eigenvalue weighted by molar-refractivity contribution is 5.30. The summed E-state index contributed by atoms with van der Waals surface area (Å²) in [4.78, 5) is 4.35. The third kappa shape index (κ3) is 3.90. The van der Waals surface area contributed by atoms with Gasteiger partial charge in [0.2, 0.25) is 5.89 Å². The first-order chi connectivity index (χ1) is 9.44. The van der Waals surface area contributed by atoms with Crippen molar-refractivity contribution in [1.82, 2.24) is 10.1 Å². The second-order valence-corrected chi connectivity index (χ2v) is 5.79. The molecule has 20 heavy (non-hydrogen) atoms. The van der Waals surface area contributed by atoms with E-state index in [0.29, 0.717) is 24.6 Å². The molecule has 0 aliphatic carbocycles. The third-order valence-corrected chi connectivity index (χ3v) is 3.31. The fourth-order valence-corrected chi connectivity index (χ4v) is 2.21. The molecular weight excluding hydrogens is 252 g/mol. The maximum atomic E-state index is 9.82. The van der Waals surface area contributed by atoms with Crippen molar-refractivity contribution in [2.75, 3.05) is 0 Å². The van der Waals surface area contributed by atoms with Crippen molar-refractivity contribution in [2.45, 2.75) is 46.6 Å². The molecule has 0 saturated carbocycles. The number of benzene rings is 1. The van der Waals surface area contributed by atoms with Crippen LogP contribution >= 0.6 is 0 Å². The quantitative estimate of drug-likeness (QED) is 0.910. The lowest BCUT2D eigenvalue weighted by Gasteiger charge is -2.10. The molecule has 108 valence electrons. The van der Waals surface area contributed by atoms with E-state index in [-0.39, 0.29) is 5.92 Å². The molecule has 1 aromatic heterocycles. The summed E-state index contributed by atoms with van der Waals surface area (Å²) in [5.74, 6) is 1.36. The van der Waals surface area contributed by atoms with E-state index in [9.17, 15) is 5.11 Å². The molecule has 1 N–H and O–H groups in total. The number of hydrogen-bond acceptors (Lipinski definition) is 4. The Kier molecular flexibility index (Phi) is 4.55. The van der Waals surface area contributed by atoms with E-state index in [1.165, 1.54) is 16.7 Å². The third-order valence-electron chi connectivity index (χ3n) is 3.31. The van der Waals surface area contributed by atoms with Gasteiger partial charge in [0.1, 0.15) is 0 Å². The lowest BCUT2D eigenvalue weighted by atomic mass is 10.0. The van der Waals surface area contributed by atoms with E-state index >= 15 is 0 Å². The van der Waals surface area contributed by atoms with Crippen LogP contribution in [-0.2, 0) is 12.8 Å². The average Bonchev–Trinajstić information content (AvgIpc) is 2.74. The van der Waals surface area contributed by atoms with Crippen LogP contribution in [0.5, 0.6) is 0 Å². The molecule has 0 radical (unpaired) electrons. The summed E-state index contributed by atoms with van der Waals surface area (Å²) in [6, 6.07) is 6.40. The zero-order chi connectivity index (χ0) is 14.7. The van der Waals surface area contributed by atoms with E-state index < -0.39 is 6.10 Å². The van der Waals surface area contributed by atoms with Crippen molar-refractivity contribution in [3.8, 4) is 0 Å². The van der Waals surface area contributed by atoms with E-state index in [0.717, 1.165) is 0 Å². The zero-order valence-electron chi connectivity index (χ0n) is 12.6. The number of aliphatic hydroxyl groups excluding tert-OH is 1. The van der Waals surface area contributed by atoms with Crippen molar-refractivity contribution < 1.29 is 9.63 Å². The van der Waals surface area contributed by atoms with Crippen LogP contribution < -0.4 is 0 Å². The number of hydrogen-bond donors (Lipinski definition) is 1. The number of nitrogens with zero attached hydrogens (tertiary/aromatic N) is 2. The van der Waals surface area contributed by atoms with Gasteiger partial charge in [0.25, 0.3) is 0 Å². The maximum Gasteiger partial charge on any atom is 0.229 e. The smallest absolute Gasteiger partial charge is 0.229 e. The molecule has 0 fully saturated rings. The Labute approximate surface area is 119 Å². The van der Waals surface area contributed by atoms with Gasteiger partial charge in [-0.3, -0.25) is 0 Å². The van der Waals surface area contributed by atoms with Gasteiger partial charge in [0.05, 0.1) is 12.5 Å². The molecule has 0 saturated heterocycles. The summed E-state index contributed by atoms with van der Waals surface area (Å²) in [5.41, 5.74) is 3.65. The van der Waals surface area contributed by atoms with E-state index in [4.69, 9.17) is 4.52 Å². The zero-order valence-corrected chi connectivity index (χ0v) is 12.6. The Morgan fingerprint density at radius 3 is 2.40 bits per heavy atom. The lowest BCUT2D eigenvalue weighted by molar-refractivity contribution is 0.116. The molecule has 4 heteroatoms. The summed E-state index contributed by atoms with van der Waals surface area (Å²) in [7, 11) is 0. The molecule has 1 unspecified atom stereocenters. The number of aliphatic hydroxyl groups is 1. The standard InChI is InChI=1S/C16H22N2O2/c1-10(2)14(19)9-16-17-15(18-20-16)8-13-6-11(3)5-12(4)7-13/h5-7,10,14,19H,8-9H2,1-4H3. The Morgan fingerprint density at radius 1 is 1.15 bits per heavy atom. The summed E-state index contributed by atoms with van der Waals surface area (Å²) in [6.07, 6.45) is 0.630. The van der Waals surface area contributed by atoms with Crippen LogP contribution in [0.2, 0.25) is 0 Å². The first-order valence-electron chi connectivity index (χ1n) is 7.00. The molecule has 0 amide bonds. The van der Waals surface area contributed by atoms with Gasteiger partial charge in [-0.05, 0) is 25.3 Å². The average molecular weight is 274 g/mol. The molecule has 4 nitrogen and oxygen atoms in total. The van der Waals surface area contributed by atoms with Crippen LogP contribution in [0.15, 0.2) is 22.7 Å². The molecule has 1 aromatic carbocycles. The normalized spacial score (nSPS) is 12.9. The highest BCUT2D eigenvalue weighted by Gasteiger charge is 2.15. The molecule has 0 aliphatic rings. The number of rotatable bonds is 5. The highest BCUT2D eigenvalue weighted by atomic mass is 16.5. The lowest BCUT2D eigenvalue weighted by Crippen LogP contribution is -2.17. The van der Waals surface area contributed by atoms with Crippen LogP contribution in [0, 0.1) is 19.8 Å². The second kappa shape index (κ2) is 6.18. The summed E-state index contributed by atoms with van der Waals surface area (Å²) < 4.78 is 5.20. The minimum Gasteiger partial charge on any atom is -0.392 e. The molecule has 1 heterocycles. The van der Waals surface area contributed by atoms with Crippen LogP contribution in [0.3, 0.4) is 0 Å². The highest BCUT2D eigenvalue weighted by Crippen LogP contribution is 2.14. The van der Waals surface area contributed by atoms with Gasteiger partial charge < -0.3 is 9.63 Å². The molecule has 0 bridgehead atoms. The number of aromatic nitrogens is 2. The second-order valence-electron chi connectivity index (χ2n) is 5.79. The van der Waals surface area contributed by atoms with Crippen molar-refractivity contribution >= 4 is 0 Å². The predicted octanol–water partition coefficient (Wildman–Crippen LogP) is 2.84. The Morgan fingerprint density at radius 2 is 1.80 bits per heavy atom. The Hall–Kier alpha value is -1.68. The van der Waals surface area contributed by atoms with Crippen LogP contribution in [0.1, 0.15) is 42.3 Å². The topological polar surface area (TPSA) is 59.2 Å². The van der Waals surface area contributed by atoms with Gasteiger partial charge in [-0.2, -0.15) is 4.98 Å². The van der Waals surface area contributed by atoms with Gasteiger partial charge in [-0.25, -0.2) is 0 Å². The van der Waals surface area contributed by atoms with E-state index in [2.05, 4.69) is 42.2 Å². The number of aryl methyl sites for hydroxylation is 2. The minimum absolute atomic E-state index is 0.185. The maximum absolute atomic E-state index is 9.82. The van der Waals surface area contributed by atoms with Crippen molar-refractivity contribution in [1.29, 1.82) is 0 Å². The van der Waals surface area contributed by atoms with Crippen molar-refractivity contribution in [3.05, 3.63) is 46.6 Å². The van der Waals surface area contributed by atoms with E-state index in [1.807, 2.05) is 13.8 Å². The van der Waals surface area contributed by atoms with Gasteiger partial charge in [0.15, 0.2) is 5.82 Å². The van der Waals surface area contributed by atoms with Crippen LogP contribution in [0.4, 0.5) is 0 Å². The minimum atomic E-state index is -0.440. The van der Waals surface area contributed by atoms with Crippen molar-refractivity contribution in [3.63, 3.8) is 0 Å². The molecule has 0 aliphatic heterocycles. The van der Waals surface area contributed by atoms with Gasteiger partial charge in [-0.15, -0.1) is 0 Å². The molecule has 2 rings (SSSR count). The van der Waals surface area contributed by atoms with E-state index in [1.54, 1.807) is 0 Å². The summed E-state index contributed by atoms with van der Waals surface area (Å²) in [6.45, 7) is 8.10. The largest absolute Gasteiger partial charge is 0.392 e.